The van der Waals surface area contributed by atoms with Crippen molar-refractivity contribution in [3.05, 3.63) is 69.4 Å². The number of hydrogen-bond acceptors (Lipinski definition) is 6. The molecule has 0 spiro atoms. The molecule has 154 valence electrons. The minimum Gasteiger partial charge on any atom is -0.347 e. The molecule has 4 aromatic rings. The summed E-state index contributed by atoms with van der Waals surface area (Å²) in [4.78, 5) is 19.3. The van der Waals surface area contributed by atoms with Gasteiger partial charge >= 0.3 is 0 Å². The van der Waals surface area contributed by atoms with Crippen molar-refractivity contribution in [3.63, 3.8) is 0 Å². The zero-order chi connectivity index (χ0) is 21.3. The molecular weight excluding hydrogens is 462 g/mol. The number of pyridine rings is 1. The van der Waals surface area contributed by atoms with Gasteiger partial charge in [0.1, 0.15) is 4.21 Å². The number of amides is 1. The normalized spacial score (nSPS) is 11.7. The van der Waals surface area contributed by atoms with Gasteiger partial charge in [0.15, 0.2) is 0 Å². The molecule has 10 heteroatoms. The first-order valence-corrected chi connectivity index (χ1v) is 12.3. The van der Waals surface area contributed by atoms with Gasteiger partial charge in [-0.15, -0.1) is 22.7 Å². The highest BCUT2D eigenvalue weighted by Gasteiger charge is 2.17. The first-order chi connectivity index (χ1) is 14.4. The predicted octanol–water partition coefficient (Wildman–Crippen LogP) is 4.52. The van der Waals surface area contributed by atoms with Gasteiger partial charge in [0.25, 0.3) is 5.91 Å². The number of hydrogen-bond donors (Lipinski definition) is 2. The number of fused-ring (bicyclic) bond motifs is 1. The van der Waals surface area contributed by atoms with E-state index in [-0.39, 0.29) is 16.7 Å². The van der Waals surface area contributed by atoms with Crippen LogP contribution in [0, 0.1) is 0 Å². The average molecular weight is 478 g/mol. The Kier molecular flexibility index (Phi) is 5.90. The van der Waals surface area contributed by atoms with Gasteiger partial charge in [-0.1, -0.05) is 29.8 Å². The van der Waals surface area contributed by atoms with E-state index in [0.29, 0.717) is 21.1 Å². The summed E-state index contributed by atoms with van der Waals surface area (Å²) >= 11 is 8.57. The van der Waals surface area contributed by atoms with Crippen molar-refractivity contribution in [2.45, 2.75) is 10.8 Å². The standard InChI is InChI=1S/C20H16ClN3O3S3/c1-22-30(26,27)19-9-6-12(28-19)11-23-20(25)14-10-16(17-7-8-18(21)29-17)24-15-5-3-2-4-13(14)15/h2-10,22H,11H2,1H3,(H,23,25). The number of para-hydroxylation sites is 1. The van der Waals surface area contributed by atoms with Gasteiger partial charge in [0.05, 0.1) is 32.5 Å². The number of rotatable bonds is 6. The molecule has 0 atom stereocenters. The number of halogens is 1. The van der Waals surface area contributed by atoms with Crippen LogP contribution in [0.4, 0.5) is 0 Å². The van der Waals surface area contributed by atoms with Crippen LogP contribution in [0.1, 0.15) is 15.2 Å². The van der Waals surface area contributed by atoms with Crippen molar-refractivity contribution in [1.29, 1.82) is 0 Å². The Labute approximate surface area is 186 Å². The number of benzene rings is 1. The first-order valence-electron chi connectivity index (χ1n) is 8.83. The van der Waals surface area contributed by atoms with E-state index in [1.807, 2.05) is 30.3 Å². The molecule has 3 heterocycles. The van der Waals surface area contributed by atoms with Gasteiger partial charge in [0.2, 0.25) is 10.0 Å². The highest BCUT2D eigenvalue weighted by Crippen LogP contribution is 2.32. The van der Waals surface area contributed by atoms with Crippen LogP contribution in [0.25, 0.3) is 21.5 Å². The monoisotopic (exact) mass is 477 g/mol. The van der Waals surface area contributed by atoms with Gasteiger partial charge in [-0.25, -0.2) is 18.1 Å². The van der Waals surface area contributed by atoms with Crippen molar-refractivity contribution in [2.24, 2.45) is 0 Å². The van der Waals surface area contributed by atoms with E-state index in [9.17, 15) is 13.2 Å². The van der Waals surface area contributed by atoms with Crippen molar-refractivity contribution in [3.8, 4) is 10.6 Å². The minimum absolute atomic E-state index is 0.209. The number of aromatic nitrogens is 1. The molecule has 0 radical (unpaired) electrons. The largest absolute Gasteiger partial charge is 0.347 e. The van der Waals surface area contributed by atoms with E-state index in [2.05, 4.69) is 15.0 Å². The van der Waals surface area contributed by atoms with Crippen LogP contribution in [-0.4, -0.2) is 26.4 Å². The van der Waals surface area contributed by atoms with Crippen molar-refractivity contribution < 1.29 is 13.2 Å². The molecule has 0 fully saturated rings. The number of nitrogens with zero attached hydrogens (tertiary/aromatic N) is 1. The molecule has 4 rings (SSSR count). The second-order valence-corrected chi connectivity index (χ2v) is 11.3. The van der Waals surface area contributed by atoms with Gasteiger partial charge in [-0.3, -0.25) is 4.79 Å². The van der Waals surface area contributed by atoms with E-state index in [1.54, 1.807) is 18.2 Å². The van der Waals surface area contributed by atoms with Crippen LogP contribution in [-0.2, 0) is 16.6 Å². The van der Waals surface area contributed by atoms with Crippen molar-refractivity contribution in [1.82, 2.24) is 15.0 Å². The lowest BCUT2D eigenvalue weighted by molar-refractivity contribution is 0.0953. The molecular formula is C20H16ClN3O3S3. The van der Waals surface area contributed by atoms with Crippen molar-refractivity contribution in [2.75, 3.05) is 7.05 Å². The average Bonchev–Trinajstić information content (AvgIpc) is 3.41. The number of thiophene rings is 2. The number of carbonyl (C=O) groups excluding carboxylic acids is 1. The maximum atomic E-state index is 13.0. The number of nitrogens with one attached hydrogen (secondary N) is 2. The fourth-order valence-electron chi connectivity index (χ4n) is 2.90. The Hall–Kier alpha value is -2.30. The van der Waals surface area contributed by atoms with Crippen LogP contribution >= 0.6 is 34.3 Å². The fraction of sp³-hybridized carbons (Fsp3) is 0.100. The molecule has 0 saturated carbocycles. The molecule has 3 aromatic heterocycles. The lowest BCUT2D eigenvalue weighted by atomic mass is 10.1. The lowest BCUT2D eigenvalue weighted by Crippen LogP contribution is -2.22. The maximum absolute atomic E-state index is 13.0. The second kappa shape index (κ2) is 8.44. The molecule has 30 heavy (non-hydrogen) atoms. The Morgan fingerprint density at radius 3 is 2.63 bits per heavy atom. The summed E-state index contributed by atoms with van der Waals surface area (Å²) in [6, 6.07) is 16.1. The summed E-state index contributed by atoms with van der Waals surface area (Å²) in [5.41, 5.74) is 1.89. The molecule has 6 nitrogen and oxygen atoms in total. The molecule has 0 aliphatic heterocycles. The third-order valence-electron chi connectivity index (χ3n) is 4.38. The van der Waals surface area contributed by atoms with E-state index >= 15 is 0 Å². The maximum Gasteiger partial charge on any atom is 0.252 e. The van der Waals surface area contributed by atoms with Crippen molar-refractivity contribution >= 4 is 61.1 Å². The molecule has 0 bridgehead atoms. The Morgan fingerprint density at radius 1 is 1.10 bits per heavy atom. The first kappa shape index (κ1) is 21.0. The van der Waals surface area contributed by atoms with Crippen LogP contribution < -0.4 is 10.0 Å². The van der Waals surface area contributed by atoms with Gasteiger partial charge < -0.3 is 5.32 Å². The van der Waals surface area contributed by atoms with Gasteiger partial charge in [-0.05, 0) is 43.4 Å². The topological polar surface area (TPSA) is 88.2 Å². The molecule has 0 aliphatic rings. The number of sulfonamides is 1. The zero-order valence-corrected chi connectivity index (χ0v) is 18.9. The predicted molar refractivity (Wildman–Crippen MR) is 122 cm³/mol. The zero-order valence-electron chi connectivity index (χ0n) is 15.7. The molecule has 1 aromatic carbocycles. The molecule has 1 amide bonds. The minimum atomic E-state index is -3.49. The lowest BCUT2D eigenvalue weighted by Gasteiger charge is -2.09. The van der Waals surface area contributed by atoms with E-state index in [1.165, 1.54) is 24.5 Å². The quantitative estimate of drug-likeness (QED) is 0.427. The van der Waals surface area contributed by atoms with E-state index in [0.717, 1.165) is 26.5 Å². The summed E-state index contributed by atoms with van der Waals surface area (Å²) in [6.07, 6.45) is 0. The van der Waals surface area contributed by atoms with Crippen LogP contribution in [0.2, 0.25) is 4.34 Å². The molecule has 0 aliphatic carbocycles. The van der Waals surface area contributed by atoms with Crippen LogP contribution in [0.5, 0.6) is 0 Å². The Balaban J connectivity index is 1.63. The third kappa shape index (κ3) is 4.26. The van der Waals surface area contributed by atoms with Crippen LogP contribution in [0.3, 0.4) is 0 Å². The summed E-state index contributed by atoms with van der Waals surface area (Å²) in [5, 5.41) is 3.62. The highest BCUT2D eigenvalue weighted by molar-refractivity contribution is 7.91. The second-order valence-electron chi connectivity index (χ2n) is 6.29. The van der Waals surface area contributed by atoms with Crippen LogP contribution in [0.15, 0.2) is 58.8 Å². The summed E-state index contributed by atoms with van der Waals surface area (Å²) < 4.78 is 26.9. The highest BCUT2D eigenvalue weighted by atomic mass is 35.5. The molecule has 0 unspecified atom stereocenters. The third-order valence-corrected chi connectivity index (χ3v) is 8.63. The summed E-state index contributed by atoms with van der Waals surface area (Å²) in [5.74, 6) is -0.260. The molecule has 0 saturated heterocycles. The van der Waals surface area contributed by atoms with E-state index in [4.69, 9.17) is 11.6 Å². The molecule has 2 N–H and O–H groups in total. The Bertz CT molecular complexity index is 1350. The van der Waals surface area contributed by atoms with Gasteiger partial charge in [0, 0.05) is 10.3 Å². The SMILES string of the molecule is CNS(=O)(=O)c1ccc(CNC(=O)c2cc(-c3ccc(Cl)s3)nc3ccccc23)s1. The summed E-state index contributed by atoms with van der Waals surface area (Å²) in [7, 11) is -2.13. The smallest absolute Gasteiger partial charge is 0.252 e. The summed E-state index contributed by atoms with van der Waals surface area (Å²) in [6.45, 7) is 0.222. The van der Waals surface area contributed by atoms with E-state index < -0.39 is 10.0 Å². The fourth-order valence-corrected chi connectivity index (χ4v) is 6.04. The Morgan fingerprint density at radius 2 is 1.90 bits per heavy atom. The number of carbonyl (C=O) groups is 1. The van der Waals surface area contributed by atoms with Gasteiger partial charge in [-0.2, -0.15) is 0 Å².